The van der Waals surface area contributed by atoms with Crippen LogP contribution in [0.3, 0.4) is 0 Å². The Bertz CT molecular complexity index is 2360. The maximum absolute atomic E-state index is 12.8. The van der Waals surface area contributed by atoms with Gasteiger partial charge in [-0.05, 0) is 72.8 Å². The van der Waals surface area contributed by atoms with Crippen molar-refractivity contribution >= 4 is 77.8 Å². The Kier molecular flexibility index (Phi) is 7.66. The third-order valence-corrected chi connectivity index (χ3v) is 11.1. The largest absolute Gasteiger partial charge is 0.497 e. The van der Waals surface area contributed by atoms with E-state index in [2.05, 4.69) is 24.3 Å². The highest BCUT2D eigenvalue weighted by Crippen LogP contribution is 2.44. The third-order valence-electron chi connectivity index (χ3n) is 8.38. The van der Waals surface area contributed by atoms with E-state index in [1.54, 1.807) is 36.9 Å². The van der Waals surface area contributed by atoms with Crippen LogP contribution in [-0.4, -0.2) is 58.3 Å². The molecule has 0 bridgehead atoms. The lowest BCUT2D eigenvalue weighted by molar-refractivity contribution is 0.0583. The second kappa shape index (κ2) is 12.2. The van der Waals surface area contributed by atoms with Crippen LogP contribution < -0.4 is 9.47 Å². The van der Waals surface area contributed by atoms with Crippen LogP contribution in [0.25, 0.3) is 63.7 Å². The Balaban J connectivity index is 1.23. The van der Waals surface area contributed by atoms with E-state index in [1.807, 2.05) is 69.8 Å². The van der Waals surface area contributed by atoms with E-state index in [0.29, 0.717) is 11.4 Å². The number of hydrogen-bond donors (Lipinski definition) is 0. The number of benzene rings is 3. The first-order valence-corrected chi connectivity index (χ1v) is 17.3. The molecule has 244 valence electrons. The number of fused-ring (bicyclic) bond motifs is 3. The fourth-order valence-corrected chi connectivity index (χ4v) is 8.83. The molecule has 0 saturated carbocycles. The van der Waals surface area contributed by atoms with Gasteiger partial charge in [-0.25, -0.2) is 9.59 Å². The van der Waals surface area contributed by atoms with Crippen LogP contribution in [0.15, 0.2) is 84.9 Å². The van der Waals surface area contributed by atoms with Gasteiger partial charge in [-0.15, -0.1) is 22.7 Å². The lowest BCUT2D eigenvalue weighted by Gasteiger charge is -2.10. The summed E-state index contributed by atoms with van der Waals surface area (Å²) in [4.78, 5) is 27.6. The average Bonchev–Trinajstić information content (AvgIpc) is 3.97. The molecule has 8 aromatic rings. The normalized spacial score (nSPS) is 11.4. The standard InChI is InChI=1S/C36H26N4O6S3/c1-43-21-9-5-19(6-10-21)39-25-15-29(47-31(25)17-27(39)35(41)45-3)23-13-14-24(34-33(23)37-49-38-34)30-16-26-32(48-30)18-28(36(42)46-4)40(26)20-7-11-22(44-2)12-8-20/h5-18H,1-4H3. The van der Waals surface area contributed by atoms with Crippen LogP contribution in [0.5, 0.6) is 11.5 Å². The Labute approximate surface area is 291 Å². The van der Waals surface area contributed by atoms with Gasteiger partial charge < -0.3 is 28.1 Å². The molecular weight excluding hydrogens is 681 g/mol. The van der Waals surface area contributed by atoms with E-state index >= 15 is 0 Å². The molecule has 0 N–H and O–H groups in total. The van der Waals surface area contributed by atoms with E-state index in [4.69, 9.17) is 27.7 Å². The topological polar surface area (TPSA) is 107 Å². The number of thiophene rings is 2. The van der Waals surface area contributed by atoms with Crippen molar-refractivity contribution in [2.75, 3.05) is 28.4 Å². The number of carbonyl (C=O) groups excluding carboxylic acids is 2. The van der Waals surface area contributed by atoms with Crippen LogP contribution in [-0.2, 0) is 9.47 Å². The van der Waals surface area contributed by atoms with Gasteiger partial charge in [0, 0.05) is 32.3 Å². The van der Waals surface area contributed by atoms with Crippen molar-refractivity contribution in [3.63, 3.8) is 0 Å². The summed E-state index contributed by atoms with van der Waals surface area (Å²) in [5, 5.41) is 0. The molecule has 10 nitrogen and oxygen atoms in total. The zero-order chi connectivity index (χ0) is 33.8. The molecule has 0 spiro atoms. The smallest absolute Gasteiger partial charge is 0.355 e. The molecule has 0 atom stereocenters. The minimum atomic E-state index is -0.418. The molecule has 8 rings (SSSR count). The predicted octanol–water partition coefficient (Wildman–Crippen LogP) is 8.63. The number of rotatable bonds is 8. The summed E-state index contributed by atoms with van der Waals surface area (Å²) in [6.45, 7) is 0. The van der Waals surface area contributed by atoms with E-state index in [1.165, 1.54) is 25.9 Å². The first-order chi connectivity index (χ1) is 23.9. The fraction of sp³-hybridized carbons (Fsp3) is 0.111. The maximum atomic E-state index is 12.8. The second-order valence-corrected chi connectivity index (χ2v) is 13.6. The van der Waals surface area contributed by atoms with Crippen molar-refractivity contribution in [3.05, 3.63) is 96.3 Å². The Hall–Kier alpha value is -5.50. The first-order valence-electron chi connectivity index (χ1n) is 14.9. The molecule has 0 saturated heterocycles. The fourth-order valence-electron chi connectivity index (χ4n) is 6.04. The Morgan fingerprint density at radius 1 is 0.571 bits per heavy atom. The lowest BCUT2D eigenvalue weighted by atomic mass is 10.1. The highest BCUT2D eigenvalue weighted by molar-refractivity contribution is 7.22. The minimum Gasteiger partial charge on any atom is -0.497 e. The average molecular weight is 707 g/mol. The zero-order valence-corrected chi connectivity index (χ0v) is 29.0. The SMILES string of the molecule is COC(=O)c1cc2sc(-c3ccc(-c4cc5c(cc(C(=O)OC)n5-c5ccc(OC)cc5)s4)c4nsnc34)cc2n1-c1ccc(OC)cc1. The number of aromatic nitrogens is 4. The maximum Gasteiger partial charge on any atom is 0.355 e. The number of methoxy groups -OCH3 is 4. The quantitative estimate of drug-likeness (QED) is 0.145. The van der Waals surface area contributed by atoms with Gasteiger partial charge in [0.1, 0.15) is 33.9 Å². The Morgan fingerprint density at radius 2 is 0.980 bits per heavy atom. The van der Waals surface area contributed by atoms with Crippen LogP contribution in [0.2, 0.25) is 0 Å². The van der Waals surface area contributed by atoms with Gasteiger partial charge in [0.2, 0.25) is 0 Å². The first kappa shape index (κ1) is 30.8. The third kappa shape index (κ3) is 5.05. The molecule has 0 aliphatic heterocycles. The van der Waals surface area contributed by atoms with E-state index in [-0.39, 0.29) is 0 Å². The highest BCUT2D eigenvalue weighted by Gasteiger charge is 2.24. The van der Waals surface area contributed by atoms with Crippen molar-refractivity contribution in [1.82, 2.24) is 17.9 Å². The molecule has 0 unspecified atom stereocenters. The molecular formula is C36H26N4O6S3. The molecule has 0 aliphatic rings. The van der Waals surface area contributed by atoms with E-state index in [0.717, 1.165) is 75.2 Å². The number of esters is 2. The van der Waals surface area contributed by atoms with Crippen LogP contribution in [0, 0.1) is 0 Å². The lowest BCUT2D eigenvalue weighted by Crippen LogP contribution is -2.08. The van der Waals surface area contributed by atoms with Gasteiger partial charge in [-0.1, -0.05) is 12.1 Å². The number of carbonyl (C=O) groups is 2. The molecule has 0 fully saturated rings. The van der Waals surface area contributed by atoms with Crippen LogP contribution in [0.1, 0.15) is 21.0 Å². The van der Waals surface area contributed by atoms with Gasteiger partial charge in [-0.3, -0.25) is 0 Å². The van der Waals surface area contributed by atoms with Gasteiger partial charge >= 0.3 is 11.9 Å². The summed E-state index contributed by atoms with van der Waals surface area (Å²) in [6, 6.07) is 27.1. The Morgan fingerprint density at radius 3 is 1.35 bits per heavy atom. The summed E-state index contributed by atoms with van der Waals surface area (Å²) >= 11 is 4.33. The second-order valence-electron chi connectivity index (χ2n) is 11.0. The highest BCUT2D eigenvalue weighted by atomic mass is 32.1. The molecule has 5 aromatic heterocycles. The summed E-state index contributed by atoms with van der Waals surface area (Å²) in [5.74, 6) is 0.609. The van der Waals surface area contributed by atoms with Gasteiger partial charge in [0.25, 0.3) is 0 Å². The van der Waals surface area contributed by atoms with E-state index < -0.39 is 11.9 Å². The molecule has 49 heavy (non-hydrogen) atoms. The molecule has 3 aromatic carbocycles. The number of nitrogens with zero attached hydrogens (tertiary/aromatic N) is 4. The van der Waals surface area contributed by atoms with Crippen molar-refractivity contribution < 1.29 is 28.5 Å². The summed E-state index contributed by atoms with van der Waals surface area (Å²) in [7, 11) is 6.00. The van der Waals surface area contributed by atoms with Crippen molar-refractivity contribution in [3.8, 4) is 43.8 Å². The molecule has 13 heteroatoms. The van der Waals surface area contributed by atoms with Crippen molar-refractivity contribution in [2.45, 2.75) is 0 Å². The number of ether oxygens (including phenoxy) is 4. The van der Waals surface area contributed by atoms with Crippen molar-refractivity contribution in [1.29, 1.82) is 0 Å². The molecule has 0 amide bonds. The molecule has 0 aliphatic carbocycles. The summed E-state index contributed by atoms with van der Waals surface area (Å²) < 4.78 is 36.1. The van der Waals surface area contributed by atoms with Crippen LogP contribution >= 0.6 is 34.4 Å². The van der Waals surface area contributed by atoms with Gasteiger partial charge in [-0.2, -0.15) is 8.75 Å². The minimum absolute atomic E-state index is 0.418. The number of hydrogen-bond acceptors (Lipinski definition) is 11. The summed E-state index contributed by atoms with van der Waals surface area (Å²) in [6.07, 6.45) is 0. The van der Waals surface area contributed by atoms with Gasteiger partial charge in [0.15, 0.2) is 0 Å². The molecule has 0 radical (unpaired) electrons. The van der Waals surface area contributed by atoms with Crippen molar-refractivity contribution in [2.24, 2.45) is 0 Å². The van der Waals surface area contributed by atoms with Gasteiger partial charge in [0.05, 0.1) is 60.6 Å². The zero-order valence-electron chi connectivity index (χ0n) is 26.5. The van der Waals surface area contributed by atoms with E-state index in [9.17, 15) is 9.59 Å². The predicted molar refractivity (Wildman–Crippen MR) is 193 cm³/mol. The van der Waals surface area contributed by atoms with Crippen LogP contribution in [0.4, 0.5) is 0 Å². The summed E-state index contributed by atoms with van der Waals surface area (Å²) in [5.41, 5.74) is 7.76. The molecule has 5 heterocycles. The monoisotopic (exact) mass is 706 g/mol.